The second-order valence-corrected chi connectivity index (χ2v) is 4.11. The maximum atomic E-state index is 12.5. The van der Waals surface area contributed by atoms with E-state index in [-0.39, 0.29) is 6.54 Å². The molecule has 0 amide bonds. The van der Waals surface area contributed by atoms with Gasteiger partial charge in [-0.2, -0.15) is 18.3 Å². The van der Waals surface area contributed by atoms with Gasteiger partial charge in [-0.1, -0.05) is 12.1 Å². The number of nitrogens with zero attached hydrogens (tertiary/aromatic N) is 2. The second-order valence-electron chi connectivity index (χ2n) is 4.11. The highest BCUT2D eigenvalue weighted by Gasteiger charge is 2.30. The van der Waals surface area contributed by atoms with E-state index in [0.29, 0.717) is 11.4 Å². The van der Waals surface area contributed by atoms with Crippen LogP contribution in [0.2, 0.25) is 0 Å². The quantitative estimate of drug-likeness (QED) is 0.926. The molecule has 1 heterocycles. The van der Waals surface area contributed by atoms with Crippen LogP contribution in [0.3, 0.4) is 0 Å². The van der Waals surface area contributed by atoms with Crippen LogP contribution in [0, 0.1) is 6.92 Å². The Labute approximate surface area is 108 Å². The molecule has 3 nitrogen and oxygen atoms in total. The van der Waals surface area contributed by atoms with Gasteiger partial charge >= 0.3 is 6.18 Å². The van der Waals surface area contributed by atoms with E-state index in [1.54, 1.807) is 18.2 Å². The lowest BCUT2D eigenvalue weighted by atomic mass is 10.1. The largest absolute Gasteiger partial charge is 0.416 e. The van der Waals surface area contributed by atoms with E-state index in [0.717, 1.165) is 17.8 Å². The number of hydrogen-bond donors (Lipinski definition) is 1. The summed E-state index contributed by atoms with van der Waals surface area (Å²) in [6.07, 6.45) is -4.32. The second kappa shape index (κ2) is 5.26. The highest BCUT2D eigenvalue weighted by Crippen LogP contribution is 2.29. The Bertz CT molecular complexity index is 550. The molecule has 0 unspecified atom stereocenters. The molecule has 1 aromatic heterocycles. The molecule has 1 N–H and O–H groups in total. The van der Waals surface area contributed by atoms with Crippen LogP contribution < -0.4 is 5.32 Å². The molecule has 0 spiro atoms. The first-order chi connectivity index (χ1) is 8.95. The van der Waals surface area contributed by atoms with Crippen molar-refractivity contribution in [3.05, 3.63) is 53.2 Å². The van der Waals surface area contributed by atoms with Gasteiger partial charge in [0.2, 0.25) is 0 Å². The standard InChI is InChI=1S/C13H12F3N3/c1-9-5-6-12(19-18-9)17-8-10-3-2-4-11(7-10)13(14,15)16/h2-7H,8H2,1H3,(H,17,19). The SMILES string of the molecule is Cc1ccc(NCc2cccc(C(F)(F)F)c2)nn1. The summed E-state index contributed by atoms with van der Waals surface area (Å²) in [4.78, 5) is 0. The number of rotatable bonds is 3. The third-order valence-electron chi connectivity index (χ3n) is 2.53. The predicted octanol–water partition coefficient (Wildman–Crippen LogP) is 3.42. The van der Waals surface area contributed by atoms with Crippen LogP contribution in [0.1, 0.15) is 16.8 Å². The molecule has 0 radical (unpaired) electrons. The van der Waals surface area contributed by atoms with Gasteiger partial charge in [0, 0.05) is 6.54 Å². The lowest BCUT2D eigenvalue weighted by molar-refractivity contribution is -0.137. The van der Waals surface area contributed by atoms with Crippen LogP contribution in [-0.4, -0.2) is 10.2 Å². The van der Waals surface area contributed by atoms with Crippen LogP contribution in [0.25, 0.3) is 0 Å². The number of benzene rings is 1. The Kier molecular flexibility index (Phi) is 3.69. The minimum atomic E-state index is -4.32. The number of nitrogens with one attached hydrogen (secondary N) is 1. The van der Waals surface area contributed by atoms with Crippen LogP contribution in [0.5, 0.6) is 0 Å². The number of aryl methyl sites for hydroxylation is 1. The minimum absolute atomic E-state index is 0.266. The zero-order valence-corrected chi connectivity index (χ0v) is 10.2. The first-order valence-corrected chi connectivity index (χ1v) is 5.65. The van der Waals surface area contributed by atoms with Crippen molar-refractivity contribution in [2.45, 2.75) is 19.6 Å². The lowest BCUT2D eigenvalue weighted by Gasteiger charge is -2.09. The number of anilines is 1. The van der Waals surface area contributed by atoms with Crippen LogP contribution >= 0.6 is 0 Å². The Hall–Kier alpha value is -2.11. The van der Waals surface area contributed by atoms with Crippen molar-refractivity contribution in [1.82, 2.24) is 10.2 Å². The number of hydrogen-bond acceptors (Lipinski definition) is 3. The fourth-order valence-electron chi connectivity index (χ4n) is 1.54. The Balaban J connectivity index is 2.05. The molecule has 1 aromatic carbocycles. The van der Waals surface area contributed by atoms with Crippen molar-refractivity contribution in [3.63, 3.8) is 0 Å². The molecule has 0 fully saturated rings. The van der Waals surface area contributed by atoms with E-state index in [1.807, 2.05) is 6.92 Å². The van der Waals surface area contributed by atoms with E-state index in [9.17, 15) is 13.2 Å². The molecule has 0 aliphatic heterocycles. The summed E-state index contributed by atoms with van der Waals surface area (Å²) < 4.78 is 37.6. The van der Waals surface area contributed by atoms with Crippen LogP contribution in [0.15, 0.2) is 36.4 Å². The summed E-state index contributed by atoms with van der Waals surface area (Å²) in [6, 6.07) is 8.70. The molecule has 100 valence electrons. The van der Waals surface area contributed by atoms with Gasteiger partial charge in [0.05, 0.1) is 11.3 Å². The summed E-state index contributed by atoms with van der Waals surface area (Å²) in [6.45, 7) is 2.07. The number of aromatic nitrogens is 2. The summed E-state index contributed by atoms with van der Waals surface area (Å²) in [7, 11) is 0. The predicted molar refractivity (Wildman–Crippen MR) is 65.5 cm³/mol. The molecule has 2 rings (SSSR count). The zero-order chi connectivity index (χ0) is 13.9. The Morgan fingerprint density at radius 3 is 2.53 bits per heavy atom. The highest BCUT2D eigenvalue weighted by molar-refractivity contribution is 5.35. The third kappa shape index (κ3) is 3.67. The van der Waals surface area contributed by atoms with Gasteiger partial charge in [0.15, 0.2) is 0 Å². The first-order valence-electron chi connectivity index (χ1n) is 5.65. The monoisotopic (exact) mass is 267 g/mol. The molecule has 0 saturated heterocycles. The lowest BCUT2D eigenvalue weighted by Crippen LogP contribution is -2.07. The molecule has 0 bridgehead atoms. The maximum Gasteiger partial charge on any atom is 0.416 e. The minimum Gasteiger partial charge on any atom is -0.365 e. The third-order valence-corrected chi connectivity index (χ3v) is 2.53. The van der Waals surface area contributed by atoms with E-state index < -0.39 is 11.7 Å². The fraction of sp³-hybridized carbons (Fsp3) is 0.231. The molecular formula is C13H12F3N3. The Morgan fingerprint density at radius 1 is 1.11 bits per heavy atom. The van der Waals surface area contributed by atoms with Gasteiger partial charge in [-0.3, -0.25) is 0 Å². The topological polar surface area (TPSA) is 37.8 Å². The van der Waals surface area contributed by atoms with E-state index >= 15 is 0 Å². The Morgan fingerprint density at radius 2 is 1.89 bits per heavy atom. The van der Waals surface area contributed by atoms with Gasteiger partial charge in [-0.15, -0.1) is 5.10 Å². The molecule has 0 saturated carbocycles. The molecular weight excluding hydrogens is 255 g/mol. The summed E-state index contributed by atoms with van der Waals surface area (Å²) in [5.41, 5.74) is 0.670. The summed E-state index contributed by atoms with van der Waals surface area (Å²) >= 11 is 0. The maximum absolute atomic E-state index is 12.5. The summed E-state index contributed by atoms with van der Waals surface area (Å²) in [5, 5.41) is 10.7. The number of alkyl halides is 3. The van der Waals surface area contributed by atoms with Crippen molar-refractivity contribution in [2.24, 2.45) is 0 Å². The van der Waals surface area contributed by atoms with Crippen molar-refractivity contribution in [3.8, 4) is 0 Å². The van der Waals surface area contributed by atoms with Crippen molar-refractivity contribution < 1.29 is 13.2 Å². The molecule has 0 aliphatic rings. The van der Waals surface area contributed by atoms with E-state index in [2.05, 4.69) is 15.5 Å². The molecule has 2 aromatic rings. The van der Waals surface area contributed by atoms with E-state index in [4.69, 9.17) is 0 Å². The summed E-state index contributed by atoms with van der Waals surface area (Å²) in [5.74, 6) is 0.531. The highest BCUT2D eigenvalue weighted by atomic mass is 19.4. The van der Waals surface area contributed by atoms with Crippen LogP contribution in [-0.2, 0) is 12.7 Å². The van der Waals surface area contributed by atoms with Crippen molar-refractivity contribution in [1.29, 1.82) is 0 Å². The van der Waals surface area contributed by atoms with Crippen molar-refractivity contribution in [2.75, 3.05) is 5.32 Å². The molecule has 19 heavy (non-hydrogen) atoms. The average Bonchev–Trinajstić information content (AvgIpc) is 2.37. The normalized spacial score (nSPS) is 11.4. The molecule has 0 aliphatic carbocycles. The zero-order valence-electron chi connectivity index (χ0n) is 10.2. The average molecular weight is 267 g/mol. The van der Waals surface area contributed by atoms with Crippen LogP contribution in [0.4, 0.5) is 19.0 Å². The van der Waals surface area contributed by atoms with Gasteiger partial charge in [-0.25, -0.2) is 0 Å². The fourth-order valence-corrected chi connectivity index (χ4v) is 1.54. The van der Waals surface area contributed by atoms with Gasteiger partial charge in [0.25, 0.3) is 0 Å². The van der Waals surface area contributed by atoms with Gasteiger partial charge in [0.1, 0.15) is 5.82 Å². The van der Waals surface area contributed by atoms with E-state index in [1.165, 1.54) is 6.07 Å². The van der Waals surface area contributed by atoms with Crippen molar-refractivity contribution >= 4 is 5.82 Å². The smallest absolute Gasteiger partial charge is 0.365 e. The first kappa shape index (κ1) is 13.3. The van der Waals surface area contributed by atoms with Gasteiger partial charge < -0.3 is 5.32 Å². The molecule has 6 heteroatoms. The number of halogens is 3. The molecule has 0 atom stereocenters. The van der Waals surface area contributed by atoms with Gasteiger partial charge in [-0.05, 0) is 36.8 Å².